The number of rotatable bonds is 10. The van der Waals surface area contributed by atoms with Crippen LogP contribution < -0.4 is 20.3 Å². The van der Waals surface area contributed by atoms with Crippen molar-refractivity contribution >= 4 is 17.0 Å². The molecular weight excluding hydrogens is 430 g/mol. The van der Waals surface area contributed by atoms with Gasteiger partial charge in [0.15, 0.2) is 0 Å². The number of aryl methyl sites for hydroxylation is 2. The molecule has 12 heteroatoms. The van der Waals surface area contributed by atoms with Gasteiger partial charge < -0.3 is 14.8 Å². The maximum atomic E-state index is 12.3. The molecule has 1 N–H and O–H groups in total. The average molecular weight is 452 g/mol. The van der Waals surface area contributed by atoms with Gasteiger partial charge in [-0.05, 0) is 25.5 Å². The number of aromatic nitrogens is 5. The molecule has 0 bridgehead atoms. The highest BCUT2D eigenvalue weighted by molar-refractivity contribution is 7.11. The Morgan fingerprint density at radius 2 is 2.10 bits per heavy atom. The molecule has 0 radical (unpaired) electrons. The summed E-state index contributed by atoms with van der Waals surface area (Å²) in [4.78, 5) is 16.5. The van der Waals surface area contributed by atoms with E-state index in [2.05, 4.69) is 30.3 Å². The fraction of sp³-hybridized carbons (Fsp3) is 0.421. The number of nitrogens with zero attached hydrogens (tertiary/aromatic N) is 5. The summed E-state index contributed by atoms with van der Waals surface area (Å²) in [7, 11) is 1.55. The van der Waals surface area contributed by atoms with E-state index in [1.54, 1.807) is 19.2 Å². The summed E-state index contributed by atoms with van der Waals surface area (Å²) in [6.07, 6.45) is 1.88. The first-order valence-corrected chi connectivity index (χ1v) is 10.3. The second-order valence-corrected chi connectivity index (χ2v) is 8.00. The number of nitrogens with one attached hydrogen (secondary N) is 1. The molecule has 0 saturated heterocycles. The van der Waals surface area contributed by atoms with E-state index in [0.29, 0.717) is 31.1 Å². The van der Waals surface area contributed by atoms with Crippen molar-refractivity contribution in [3.63, 3.8) is 0 Å². The molecule has 0 saturated carbocycles. The Bertz CT molecular complexity index is 1060. The first-order chi connectivity index (χ1) is 14.8. The van der Waals surface area contributed by atoms with E-state index in [4.69, 9.17) is 4.74 Å². The first kappa shape index (κ1) is 22.5. The highest BCUT2D eigenvalue weighted by Crippen LogP contribution is 2.21. The van der Waals surface area contributed by atoms with Gasteiger partial charge in [-0.15, -0.1) is 15.3 Å². The van der Waals surface area contributed by atoms with Gasteiger partial charge in [0, 0.05) is 24.7 Å². The Balaban J connectivity index is 1.55. The predicted molar refractivity (Wildman–Crippen MR) is 111 cm³/mol. The number of hydrogen-bond donors (Lipinski definition) is 1. The summed E-state index contributed by atoms with van der Waals surface area (Å²) < 4.78 is 35.7. The smallest absolute Gasteiger partial charge is 0.387 e. The van der Waals surface area contributed by atoms with Gasteiger partial charge in [0.2, 0.25) is 5.88 Å². The molecule has 0 aromatic carbocycles. The van der Waals surface area contributed by atoms with Gasteiger partial charge >= 0.3 is 6.61 Å². The minimum Gasteiger partial charge on any atom is -0.477 e. The molecule has 3 rings (SSSR count). The monoisotopic (exact) mass is 452 g/mol. The highest BCUT2D eigenvalue weighted by Gasteiger charge is 2.12. The molecular formula is C19H22F2N6O3S. The zero-order chi connectivity index (χ0) is 22.4. The molecule has 3 heterocycles. The maximum Gasteiger partial charge on any atom is 0.387 e. The fourth-order valence-corrected chi connectivity index (χ4v) is 3.35. The Morgan fingerprint density at radius 3 is 2.74 bits per heavy atom. The van der Waals surface area contributed by atoms with Gasteiger partial charge in [-0.25, -0.2) is 4.68 Å². The fourth-order valence-electron chi connectivity index (χ4n) is 2.70. The Labute approximate surface area is 181 Å². The van der Waals surface area contributed by atoms with Gasteiger partial charge in [-0.3, -0.25) is 9.78 Å². The topological polar surface area (TPSA) is 104 Å². The van der Waals surface area contributed by atoms with Crippen molar-refractivity contribution in [1.29, 1.82) is 0 Å². The van der Waals surface area contributed by atoms with E-state index in [1.165, 1.54) is 28.3 Å². The molecule has 0 aliphatic rings. The summed E-state index contributed by atoms with van der Waals surface area (Å²) in [5, 5.41) is 16.8. The van der Waals surface area contributed by atoms with Crippen LogP contribution in [0.5, 0.6) is 11.6 Å². The van der Waals surface area contributed by atoms with Gasteiger partial charge in [-0.1, -0.05) is 18.3 Å². The lowest BCUT2D eigenvalue weighted by molar-refractivity contribution is -0.0500. The lowest BCUT2D eigenvalue weighted by Gasteiger charge is -2.13. The predicted octanol–water partition coefficient (Wildman–Crippen LogP) is 3.12. The van der Waals surface area contributed by atoms with Crippen LogP contribution in [0, 0.1) is 6.92 Å². The minimum atomic E-state index is -2.88. The van der Waals surface area contributed by atoms with E-state index in [0.717, 1.165) is 15.7 Å². The highest BCUT2D eigenvalue weighted by atomic mass is 32.1. The number of hydrogen-bond acceptors (Lipinski definition) is 9. The van der Waals surface area contributed by atoms with Crippen molar-refractivity contribution < 1.29 is 18.3 Å². The largest absolute Gasteiger partial charge is 0.477 e. The van der Waals surface area contributed by atoms with Crippen molar-refractivity contribution in [1.82, 2.24) is 25.0 Å². The molecule has 0 unspecified atom stereocenters. The molecule has 0 aliphatic heterocycles. The average Bonchev–Trinajstić information content (AvgIpc) is 3.14. The minimum absolute atomic E-state index is 0.0142. The number of pyridine rings is 1. The van der Waals surface area contributed by atoms with E-state index < -0.39 is 6.61 Å². The summed E-state index contributed by atoms with van der Waals surface area (Å²) in [6, 6.07) is 4.65. The van der Waals surface area contributed by atoms with Crippen molar-refractivity contribution in [2.75, 3.05) is 11.9 Å². The van der Waals surface area contributed by atoms with Crippen LogP contribution in [0.4, 0.5) is 14.5 Å². The third-order valence-electron chi connectivity index (χ3n) is 4.33. The molecule has 0 amide bonds. The van der Waals surface area contributed by atoms with Crippen molar-refractivity contribution in [3.05, 3.63) is 50.5 Å². The quantitative estimate of drug-likeness (QED) is 0.500. The zero-order valence-electron chi connectivity index (χ0n) is 17.2. The van der Waals surface area contributed by atoms with Gasteiger partial charge in [0.05, 0.1) is 19.3 Å². The van der Waals surface area contributed by atoms with Crippen LogP contribution in [-0.4, -0.2) is 38.2 Å². The van der Waals surface area contributed by atoms with Crippen LogP contribution in [0.15, 0.2) is 29.2 Å². The van der Waals surface area contributed by atoms with Gasteiger partial charge in [0.25, 0.3) is 5.56 Å². The van der Waals surface area contributed by atoms with Crippen LogP contribution >= 0.6 is 11.3 Å². The number of ether oxygens (including phenoxy) is 2. The van der Waals surface area contributed by atoms with E-state index in [-0.39, 0.29) is 17.2 Å². The Hall–Kier alpha value is -3.15. The maximum absolute atomic E-state index is 12.3. The lowest BCUT2D eigenvalue weighted by atomic mass is 10.0. The van der Waals surface area contributed by atoms with Crippen LogP contribution in [0.25, 0.3) is 0 Å². The number of alkyl halides is 2. The molecule has 9 nitrogen and oxygen atoms in total. The molecule has 0 fully saturated rings. The Kier molecular flexibility index (Phi) is 7.45. The van der Waals surface area contributed by atoms with Crippen LogP contribution in [0.1, 0.15) is 35.0 Å². The molecule has 0 spiro atoms. The second-order valence-electron chi connectivity index (χ2n) is 6.73. The Morgan fingerprint density at radius 1 is 1.29 bits per heavy atom. The molecule has 31 heavy (non-hydrogen) atoms. The molecule has 0 aliphatic carbocycles. The van der Waals surface area contributed by atoms with Gasteiger partial charge in [-0.2, -0.15) is 8.78 Å². The molecule has 1 atom stereocenters. The molecule has 3 aromatic rings. The van der Waals surface area contributed by atoms with E-state index >= 15 is 0 Å². The van der Waals surface area contributed by atoms with Crippen LogP contribution in [0.2, 0.25) is 0 Å². The van der Waals surface area contributed by atoms with Crippen molar-refractivity contribution in [2.24, 2.45) is 7.05 Å². The van der Waals surface area contributed by atoms with E-state index in [1.807, 2.05) is 13.8 Å². The summed E-state index contributed by atoms with van der Waals surface area (Å²) >= 11 is 1.45. The van der Waals surface area contributed by atoms with Crippen LogP contribution in [0.3, 0.4) is 0 Å². The standard InChI is InChI=1S/C19H22F2N6O3S/c1-11(14-5-4-13(9-22-14)30-19(20)21)6-7-29-16-8-15(18(28)27(3)26-16)23-10-17-25-24-12(2)31-17/h4-5,8-9,11,19,23H,6-7,10H2,1-3H3/t11-/m1/s1. The van der Waals surface area contributed by atoms with E-state index in [9.17, 15) is 13.6 Å². The summed E-state index contributed by atoms with van der Waals surface area (Å²) in [6.45, 7) is 1.64. The summed E-state index contributed by atoms with van der Waals surface area (Å²) in [5.74, 6) is 0.338. The number of halogens is 2. The first-order valence-electron chi connectivity index (χ1n) is 9.46. The zero-order valence-corrected chi connectivity index (χ0v) is 18.0. The number of anilines is 1. The third kappa shape index (κ3) is 6.41. The third-order valence-corrected chi connectivity index (χ3v) is 5.17. The van der Waals surface area contributed by atoms with Gasteiger partial charge in [0.1, 0.15) is 21.5 Å². The second kappa shape index (κ2) is 10.2. The van der Waals surface area contributed by atoms with Crippen LogP contribution in [-0.2, 0) is 13.6 Å². The molecule has 3 aromatic heterocycles. The van der Waals surface area contributed by atoms with Crippen molar-refractivity contribution in [2.45, 2.75) is 39.3 Å². The molecule has 166 valence electrons. The summed E-state index contributed by atoms with van der Waals surface area (Å²) in [5.41, 5.74) is 0.801. The van der Waals surface area contributed by atoms with Crippen molar-refractivity contribution in [3.8, 4) is 11.6 Å². The normalized spacial score (nSPS) is 12.1. The SMILES string of the molecule is Cc1nnc(CNc2cc(OCC[C@@H](C)c3ccc(OC(F)F)cn3)nn(C)c2=O)s1. The lowest BCUT2D eigenvalue weighted by Crippen LogP contribution is -2.24.